The zero-order chi connectivity index (χ0) is 17.9. The molecule has 0 unspecified atom stereocenters. The number of hydrogen-bond donors (Lipinski definition) is 1. The number of nitrogens with zero attached hydrogens (tertiary/aromatic N) is 2. The highest BCUT2D eigenvalue weighted by Crippen LogP contribution is 2.29. The van der Waals surface area contributed by atoms with Gasteiger partial charge in [0.1, 0.15) is 0 Å². The molecule has 0 saturated heterocycles. The summed E-state index contributed by atoms with van der Waals surface area (Å²) in [7, 11) is -0.857. The van der Waals surface area contributed by atoms with Crippen molar-refractivity contribution in [1.29, 1.82) is 0 Å². The Hall–Kier alpha value is -2.43. The number of hydrogen-bond acceptors (Lipinski definition) is 8. The molecule has 2 heterocycles. The molecule has 1 N–H and O–H groups in total. The van der Waals surface area contributed by atoms with Crippen LogP contribution in [0.4, 0.5) is 0 Å². The molecule has 10 heteroatoms. The van der Waals surface area contributed by atoms with Gasteiger partial charge in [-0.15, -0.1) is 11.3 Å². The maximum Gasteiger partial charge on any atom is 0.242 e. The van der Waals surface area contributed by atoms with Gasteiger partial charge in [-0.1, -0.05) is 11.2 Å². The molecule has 0 atom stereocenters. The topological polar surface area (TPSA) is 104 Å². The van der Waals surface area contributed by atoms with Gasteiger partial charge in [0.05, 0.1) is 30.5 Å². The molecule has 0 radical (unpaired) electrons. The van der Waals surface area contributed by atoms with Gasteiger partial charge in [0.25, 0.3) is 0 Å². The van der Waals surface area contributed by atoms with Gasteiger partial charge in [-0.2, -0.15) is 4.98 Å². The Kier molecular flexibility index (Phi) is 5.02. The Labute approximate surface area is 148 Å². The number of methoxy groups -OCH3 is 2. The minimum atomic E-state index is -3.77. The van der Waals surface area contributed by atoms with Crippen LogP contribution in [0, 0.1) is 0 Å². The molecule has 132 valence electrons. The summed E-state index contributed by atoms with van der Waals surface area (Å²) in [5.41, 5.74) is 0. The van der Waals surface area contributed by atoms with Gasteiger partial charge in [-0.05, 0) is 23.6 Å². The van der Waals surface area contributed by atoms with Crippen molar-refractivity contribution in [2.45, 2.75) is 11.4 Å². The third kappa shape index (κ3) is 3.81. The summed E-state index contributed by atoms with van der Waals surface area (Å²) >= 11 is 1.47. The predicted octanol–water partition coefficient (Wildman–Crippen LogP) is 2.29. The average molecular weight is 381 g/mol. The second-order valence-corrected chi connectivity index (χ2v) is 7.55. The molecular formula is C15H15N3O5S2. The highest BCUT2D eigenvalue weighted by atomic mass is 32.2. The number of ether oxygens (including phenoxy) is 2. The van der Waals surface area contributed by atoms with Gasteiger partial charge in [-0.3, -0.25) is 0 Å². The van der Waals surface area contributed by atoms with Crippen LogP contribution in [0.1, 0.15) is 5.89 Å². The maximum atomic E-state index is 12.4. The molecule has 0 aliphatic rings. The molecule has 0 amide bonds. The Morgan fingerprint density at radius 3 is 2.68 bits per heavy atom. The lowest BCUT2D eigenvalue weighted by Gasteiger charge is -2.10. The third-order valence-corrected chi connectivity index (χ3v) is 5.55. The molecule has 0 saturated carbocycles. The fraction of sp³-hybridized carbons (Fsp3) is 0.200. The van der Waals surface area contributed by atoms with Gasteiger partial charge in [0.2, 0.25) is 21.7 Å². The zero-order valence-corrected chi connectivity index (χ0v) is 15.1. The van der Waals surface area contributed by atoms with Crippen molar-refractivity contribution in [3.05, 3.63) is 41.6 Å². The van der Waals surface area contributed by atoms with Crippen LogP contribution < -0.4 is 14.2 Å². The predicted molar refractivity (Wildman–Crippen MR) is 91.2 cm³/mol. The van der Waals surface area contributed by atoms with Gasteiger partial charge < -0.3 is 14.0 Å². The van der Waals surface area contributed by atoms with Crippen molar-refractivity contribution in [3.63, 3.8) is 0 Å². The monoisotopic (exact) mass is 381 g/mol. The first-order chi connectivity index (χ1) is 12.0. The normalized spacial score (nSPS) is 11.4. The summed E-state index contributed by atoms with van der Waals surface area (Å²) in [6.45, 7) is -0.116. The van der Waals surface area contributed by atoms with Crippen molar-refractivity contribution in [2.75, 3.05) is 14.2 Å². The van der Waals surface area contributed by atoms with E-state index in [2.05, 4.69) is 14.9 Å². The van der Waals surface area contributed by atoms with E-state index in [1.807, 2.05) is 17.5 Å². The van der Waals surface area contributed by atoms with E-state index in [1.165, 1.54) is 43.8 Å². The van der Waals surface area contributed by atoms with Crippen molar-refractivity contribution in [2.24, 2.45) is 0 Å². The highest BCUT2D eigenvalue weighted by molar-refractivity contribution is 7.89. The van der Waals surface area contributed by atoms with Crippen LogP contribution in [-0.4, -0.2) is 32.8 Å². The second-order valence-electron chi connectivity index (χ2n) is 4.83. The Bertz CT molecular complexity index is 951. The number of sulfonamides is 1. The Morgan fingerprint density at radius 2 is 2.00 bits per heavy atom. The van der Waals surface area contributed by atoms with Gasteiger partial charge in [0.15, 0.2) is 11.5 Å². The molecule has 0 fully saturated rings. The summed E-state index contributed by atoms with van der Waals surface area (Å²) in [6, 6.07) is 8.05. The molecule has 25 heavy (non-hydrogen) atoms. The van der Waals surface area contributed by atoms with E-state index >= 15 is 0 Å². The lowest BCUT2D eigenvalue weighted by Crippen LogP contribution is -2.23. The Balaban J connectivity index is 1.74. The molecule has 2 aromatic heterocycles. The molecular weight excluding hydrogens is 366 g/mol. The first-order valence-electron chi connectivity index (χ1n) is 7.11. The number of benzene rings is 1. The van der Waals surface area contributed by atoms with Crippen LogP contribution in [0.5, 0.6) is 11.5 Å². The first-order valence-corrected chi connectivity index (χ1v) is 9.48. The summed E-state index contributed by atoms with van der Waals surface area (Å²) in [4.78, 5) is 5.06. The lowest BCUT2D eigenvalue weighted by molar-refractivity contribution is 0.353. The van der Waals surface area contributed by atoms with E-state index < -0.39 is 10.0 Å². The van der Waals surface area contributed by atoms with Gasteiger partial charge >= 0.3 is 0 Å². The largest absolute Gasteiger partial charge is 0.493 e. The van der Waals surface area contributed by atoms with Crippen molar-refractivity contribution in [3.8, 4) is 22.2 Å². The molecule has 3 rings (SSSR count). The van der Waals surface area contributed by atoms with Crippen LogP contribution in [0.25, 0.3) is 10.7 Å². The van der Waals surface area contributed by atoms with Crippen molar-refractivity contribution in [1.82, 2.24) is 14.9 Å². The minimum Gasteiger partial charge on any atom is -0.493 e. The first kappa shape index (κ1) is 17.4. The van der Waals surface area contributed by atoms with Crippen LogP contribution >= 0.6 is 11.3 Å². The molecule has 1 aromatic carbocycles. The molecule has 8 nitrogen and oxygen atoms in total. The summed E-state index contributed by atoms with van der Waals surface area (Å²) < 4.78 is 42.5. The second kappa shape index (κ2) is 7.21. The fourth-order valence-corrected chi connectivity index (χ4v) is 3.70. The molecule has 3 aromatic rings. The standard InChI is InChI=1S/C15H15N3O5S2/c1-21-11-6-5-10(8-12(11)22-2)25(19,20)16-9-14-17-15(18-23-14)13-4-3-7-24-13/h3-8,16H,9H2,1-2H3. The fourth-order valence-electron chi connectivity index (χ4n) is 2.06. The quantitative estimate of drug-likeness (QED) is 0.669. The smallest absolute Gasteiger partial charge is 0.242 e. The van der Waals surface area contributed by atoms with Crippen molar-refractivity contribution < 1.29 is 22.4 Å². The molecule has 0 aliphatic carbocycles. The summed E-state index contributed by atoms with van der Waals surface area (Å²) in [6.07, 6.45) is 0. The zero-order valence-electron chi connectivity index (χ0n) is 13.4. The Morgan fingerprint density at radius 1 is 1.20 bits per heavy atom. The third-order valence-electron chi connectivity index (χ3n) is 3.29. The van der Waals surface area contributed by atoms with Crippen LogP contribution in [0.15, 0.2) is 45.1 Å². The van der Waals surface area contributed by atoms with E-state index in [0.29, 0.717) is 17.3 Å². The highest BCUT2D eigenvalue weighted by Gasteiger charge is 2.18. The summed E-state index contributed by atoms with van der Waals surface area (Å²) in [5.74, 6) is 1.37. The van der Waals surface area contributed by atoms with Gasteiger partial charge in [-0.25, -0.2) is 13.1 Å². The van der Waals surface area contributed by atoms with Crippen LogP contribution in [-0.2, 0) is 16.6 Å². The molecule has 0 aliphatic heterocycles. The van der Waals surface area contributed by atoms with E-state index in [9.17, 15) is 8.42 Å². The minimum absolute atomic E-state index is 0.0446. The average Bonchev–Trinajstić information content (AvgIpc) is 3.30. The van der Waals surface area contributed by atoms with Crippen LogP contribution in [0.2, 0.25) is 0 Å². The SMILES string of the molecule is COc1ccc(S(=O)(=O)NCc2nc(-c3cccs3)no2)cc1OC. The van der Waals surface area contributed by atoms with Gasteiger partial charge in [0, 0.05) is 6.07 Å². The van der Waals surface area contributed by atoms with E-state index in [1.54, 1.807) is 0 Å². The van der Waals surface area contributed by atoms with E-state index in [0.717, 1.165) is 4.88 Å². The summed E-state index contributed by atoms with van der Waals surface area (Å²) in [5, 5.41) is 5.73. The molecule has 0 spiro atoms. The lowest BCUT2D eigenvalue weighted by atomic mass is 10.3. The number of thiophene rings is 1. The number of rotatable bonds is 7. The van der Waals surface area contributed by atoms with Crippen LogP contribution in [0.3, 0.4) is 0 Å². The van der Waals surface area contributed by atoms with E-state index in [-0.39, 0.29) is 17.3 Å². The van der Waals surface area contributed by atoms with Crippen molar-refractivity contribution >= 4 is 21.4 Å². The number of nitrogens with one attached hydrogen (secondary N) is 1. The maximum absolute atomic E-state index is 12.4. The molecule has 0 bridgehead atoms. The van der Waals surface area contributed by atoms with E-state index in [4.69, 9.17) is 14.0 Å². The number of aromatic nitrogens is 2.